The summed E-state index contributed by atoms with van der Waals surface area (Å²) in [7, 11) is 0. The van der Waals surface area contributed by atoms with Gasteiger partial charge in [-0.1, -0.05) is 36.8 Å². The molecule has 0 aliphatic rings. The van der Waals surface area contributed by atoms with Crippen LogP contribution in [0.1, 0.15) is 24.5 Å². The van der Waals surface area contributed by atoms with Gasteiger partial charge >= 0.3 is 0 Å². The highest BCUT2D eigenvalue weighted by atomic mass is 16.1. The zero-order chi connectivity index (χ0) is 9.68. The lowest BCUT2D eigenvalue weighted by molar-refractivity contribution is -0.110. The maximum atomic E-state index is 10.4. The lowest BCUT2D eigenvalue weighted by Gasteiger charge is -2.04. The molecule has 0 unspecified atom stereocenters. The van der Waals surface area contributed by atoms with Gasteiger partial charge in [0, 0.05) is 5.92 Å². The number of benzene rings is 1. The van der Waals surface area contributed by atoms with Gasteiger partial charge in [-0.25, -0.2) is 0 Å². The topological polar surface area (TPSA) is 17.1 Å². The molecule has 0 spiro atoms. The zero-order valence-corrected chi connectivity index (χ0v) is 8.29. The number of hydrogen-bond acceptors (Lipinski definition) is 1. The van der Waals surface area contributed by atoms with Crippen LogP contribution in [0.25, 0.3) is 0 Å². The molecule has 1 aromatic rings. The standard InChI is InChI=1S/C12H16O/c1-10-4-3-5-12(8-10)7-6-11(2)9-13/h3-5,8-9,11H,6-7H2,1-2H3/t11-/m0/s1. The Morgan fingerprint density at radius 1 is 1.46 bits per heavy atom. The molecule has 1 nitrogen and oxygen atoms in total. The number of aldehydes is 1. The van der Waals surface area contributed by atoms with Gasteiger partial charge in [0.1, 0.15) is 6.29 Å². The van der Waals surface area contributed by atoms with Crippen molar-refractivity contribution in [1.82, 2.24) is 0 Å². The van der Waals surface area contributed by atoms with E-state index in [9.17, 15) is 4.79 Å². The quantitative estimate of drug-likeness (QED) is 0.645. The van der Waals surface area contributed by atoms with Gasteiger partial charge < -0.3 is 4.79 Å². The Balaban J connectivity index is 2.49. The van der Waals surface area contributed by atoms with Crippen molar-refractivity contribution in [2.24, 2.45) is 5.92 Å². The van der Waals surface area contributed by atoms with Gasteiger partial charge in [-0.05, 0) is 25.3 Å². The van der Waals surface area contributed by atoms with Crippen molar-refractivity contribution in [2.75, 3.05) is 0 Å². The van der Waals surface area contributed by atoms with Crippen molar-refractivity contribution in [3.05, 3.63) is 35.4 Å². The Morgan fingerprint density at radius 2 is 2.23 bits per heavy atom. The molecule has 1 heteroatoms. The number of aryl methyl sites for hydroxylation is 2. The Kier molecular flexibility index (Phi) is 3.69. The number of rotatable bonds is 4. The third-order valence-corrected chi connectivity index (χ3v) is 2.20. The van der Waals surface area contributed by atoms with Crippen molar-refractivity contribution in [1.29, 1.82) is 0 Å². The Hall–Kier alpha value is -1.11. The number of carbonyl (C=O) groups excluding carboxylic acids is 1. The molecule has 0 radical (unpaired) electrons. The first kappa shape index (κ1) is 9.97. The van der Waals surface area contributed by atoms with E-state index >= 15 is 0 Å². The van der Waals surface area contributed by atoms with Crippen LogP contribution < -0.4 is 0 Å². The molecule has 0 saturated carbocycles. The first-order valence-corrected chi connectivity index (χ1v) is 4.73. The molecule has 1 rings (SSSR count). The largest absolute Gasteiger partial charge is 0.303 e. The molecule has 13 heavy (non-hydrogen) atoms. The number of hydrogen-bond donors (Lipinski definition) is 0. The summed E-state index contributed by atoms with van der Waals surface area (Å²) in [6.45, 7) is 4.05. The highest BCUT2D eigenvalue weighted by Gasteiger charge is 2.00. The van der Waals surface area contributed by atoms with Gasteiger partial charge in [-0.15, -0.1) is 0 Å². The summed E-state index contributed by atoms with van der Waals surface area (Å²) in [6, 6.07) is 8.45. The van der Waals surface area contributed by atoms with Crippen LogP contribution in [0.2, 0.25) is 0 Å². The second-order valence-corrected chi connectivity index (χ2v) is 3.64. The monoisotopic (exact) mass is 176 g/mol. The van der Waals surface area contributed by atoms with Crippen LogP contribution in [0.3, 0.4) is 0 Å². The molecule has 1 aromatic carbocycles. The molecular formula is C12H16O. The maximum Gasteiger partial charge on any atom is 0.122 e. The van der Waals surface area contributed by atoms with Crippen LogP contribution in [0.15, 0.2) is 24.3 Å². The lowest BCUT2D eigenvalue weighted by Crippen LogP contribution is -1.98. The van der Waals surface area contributed by atoms with E-state index in [1.165, 1.54) is 11.1 Å². The van der Waals surface area contributed by atoms with Crippen molar-refractivity contribution >= 4 is 6.29 Å². The summed E-state index contributed by atoms with van der Waals surface area (Å²) in [6.07, 6.45) is 2.98. The fraction of sp³-hybridized carbons (Fsp3) is 0.417. The highest BCUT2D eigenvalue weighted by molar-refractivity contribution is 5.52. The zero-order valence-electron chi connectivity index (χ0n) is 8.29. The van der Waals surface area contributed by atoms with Crippen molar-refractivity contribution in [3.63, 3.8) is 0 Å². The fourth-order valence-corrected chi connectivity index (χ4v) is 1.33. The minimum Gasteiger partial charge on any atom is -0.303 e. The Bertz CT molecular complexity index is 278. The van der Waals surface area contributed by atoms with E-state index in [1.807, 2.05) is 6.92 Å². The van der Waals surface area contributed by atoms with E-state index in [4.69, 9.17) is 0 Å². The number of carbonyl (C=O) groups is 1. The van der Waals surface area contributed by atoms with Crippen molar-refractivity contribution in [3.8, 4) is 0 Å². The molecule has 1 atom stereocenters. The predicted octanol–water partition coefficient (Wildman–Crippen LogP) is 2.76. The van der Waals surface area contributed by atoms with Gasteiger partial charge in [-0.3, -0.25) is 0 Å². The molecule has 0 fully saturated rings. The van der Waals surface area contributed by atoms with Crippen molar-refractivity contribution < 1.29 is 4.79 Å². The Morgan fingerprint density at radius 3 is 2.85 bits per heavy atom. The maximum absolute atomic E-state index is 10.4. The van der Waals surface area contributed by atoms with Crippen LogP contribution in [0.5, 0.6) is 0 Å². The minimum absolute atomic E-state index is 0.181. The molecule has 0 bridgehead atoms. The second-order valence-electron chi connectivity index (χ2n) is 3.64. The van der Waals surface area contributed by atoms with Gasteiger partial charge in [0.15, 0.2) is 0 Å². The van der Waals surface area contributed by atoms with Gasteiger partial charge in [-0.2, -0.15) is 0 Å². The van der Waals surface area contributed by atoms with Gasteiger partial charge in [0.2, 0.25) is 0 Å². The predicted molar refractivity (Wildman–Crippen MR) is 54.7 cm³/mol. The summed E-state index contributed by atoms with van der Waals surface area (Å²) in [4.78, 5) is 10.4. The average molecular weight is 176 g/mol. The SMILES string of the molecule is Cc1cccc(CC[C@H](C)C=O)c1. The molecule has 70 valence electrons. The van der Waals surface area contributed by atoms with E-state index < -0.39 is 0 Å². The third kappa shape index (κ3) is 3.41. The lowest BCUT2D eigenvalue weighted by atomic mass is 10.0. The molecular weight excluding hydrogens is 160 g/mol. The van der Waals surface area contributed by atoms with Gasteiger partial charge in [0.05, 0.1) is 0 Å². The van der Waals surface area contributed by atoms with Crippen LogP contribution in [-0.2, 0) is 11.2 Å². The fourth-order valence-electron chi connectivity index (χ4n) is 1.33. The van der Waals surface area contributed by atoms with Crippen molar-refractivity contribution in [2.45, 2.75) is 26.7 Å². The molecule has 0 aromatic heterocycles. The van der Waals surface area contributed by atoms with Gasteiger partial charge in [0.25, 0.3) is 0 Å². The summed E-state index contributed by atoms with van der Waals surface area (Å²) in [5.41, 5.74) is 2.62. The highest BCUT2D eigenvalue weighted by Crippen LogP contribution is 2.09. The second kappa shape index (κ2) is 4.80. The average Bonchev–Trinajstić information content (AvgIpc) is 2.14. The third-order valence-electron chi connectivity index (χ3n) is 2.20. The first-order chi connectivity index (χ1) is 6.22. The van der Waals surface area contributed by atoms with E-state index in [0.29, 0.717) is 0 Å². The molecule has 0 heterocycles. The van der Waals surface area contributed by atoms with Crippen LogP contribution in [0.4, 0.5) is 0 Å². The molecule has 0 saturated heterocycles. The van der Waals surface area contributed by atoms with E-state index in [2.05, 4.69) is 31.2 Å². The smallest absolute Gasteiger partial charge is 0.122 e. The summed E-state index contributed by atoms with van der Waals surface area (Å²) in [5.74, 6) is 0.181. The van der Waals surface area contributed by atoms with E-state index in [-0.39, 0.29) is 5.92 Å². The normalized spacial score (nSPS) is 12.5. The molecule has 0 amide bonds. The summed E-state index contributed by atoms with van der Waals surface area (Å²) in [5, 5.41) is 0. The molecule has 0 N–H and O–H groups in total. The van der Waals surface area contributed by atoms with Crippen LogP contribution >= 0.6 is 0 Å². The minimum atomic E-state index is 0.181. The van der Waals surface area contributed by atoms with E-state index in [1.54, 1.807) is 0 Å². The molecule has 0 aliphatic heterocycles. The Labute approximate surface area is 79.8 Å². The summed E-state index contributed by atoms with van der Waals surface area (Å²) >= 11 is 0. The summed E-state index contributed by atoms with van der Waals surface area (Å²) < 4.78 is 0. The first-order valence-electron chi connectivity index (χ1n) is 4.73. The van der Waals surface area contributed by atoms with E-state index in [0.717, 1.165) is 19.1 Å². The van der Waals surface area contributed by atoms with Crippen LogP contribution in [-0.4, -0.2) is 6.29 Å². The van der Waals surface area contributed by atoms with Crippen LogP contribution in [0, 0.1) is 12.8 Å². The molecule has 0 aliphatic carbocycles.